The molecular formula is C12H21N3O4. The van der Waals surface area contributed by atoms with Crippen molar-refractivity contribution < 1.29 is 19.0 Å². The summed E-state index contributed by atoms with van der Waals surface area (Å²) < 4.78 is 15.1. The van der Waals surface area contributed by atoms with Gasteiger partial charge in [-0.2, -0.15) is 0 Å². The van der Waals surface area contributed by atoms with Crippen molar-refractivity contribution in [2.75, 3.05) is 33.5 Å². The smallest absolute Gasteiger partial charge is 0.323 e. The minimum atomic E-state index is -0.686. The molecule has 3 N–H and O–H groups in total. The first-order valence-corrected chi connectivity index (χ1v) is 6.20. The number of methoxy groups -OCH3 is 1. The van der Waals surface area contributed by atoms with Crippen molar-refractivity contribution in [3.05, 3.63) is 18.2 Å². The van der Waals surface area contributed by atoms with Crippen LogP contribution in [0.5, 0.6) is 0 Å². The molecule has 0 aliphatic rings. The Kier molecular flexibility index (Phi) is 7.80. The molecule has 1 rings (SSSR count). The predicted octanol–water partition coefficient (Wildman–Crippen LogP) is -0.124. The lowest BCUT2D eigenvalue weighted by Crippen LogP contribution is -2.35. The lowest BCUT2D eigenvalue weighted by Gasteiger charge is -2.10. The van der Waals surface area contributed by atoms with Gasteiger partial charge in [0.1, 0.15) is 12.6 Å². The van der Waals surface area contributed by atoms with E-state index in [1.165, 1.54) is 0 Å². The predicted molar refractivity (Wildman–Crippen MR) is 68.5 cm³/mol. The van der Waals surface area contributed by atoms with Crippen LogP contribution in [0.3, 0.4) is 0 Å². The second-order valence-corrected chi connectivity index (χ2v) is 4.01. The summed E-state index contributed by atoms with van der Waals surface area (Å²) in [6.07, 6.45) is 4.38. The lowest BCUT2D eigenvalue weighted by molar-refractivity contribution is -0.146. The Labute approximate surface area is 112 Å². The number of ether oxygens (including phenoxy) is 3. The minimum absolute atomic E-state index is 0.211. The third kappa shape index (κ3) is 6.90. The van der Waals surface area contributed by atoms with Gasteiger partial charge < -0.3 is 24.9 Å². The number of nitrogens with two attached hydrogens (primary N) is 1. The summed E-state index contributed by atoms with van der Waals surface area (Å²) in [4.78, 5) is 18.3. The van der Waals surface area contributed by atoms with Gasteiger partial charge in [-0.1, -0.05) is 0 Å². The molecule has 0 aliphatic carbocycles. The number of nitrogens with one attached hydrogen (secondary N) is 1. The molecule has 0 fully saturated rings. The molecule has 0 saturated carbocycles. The van der Waals surface area contributed by atoms with Gasteiger partial charge in [-0.25, -0.2) is 4.98 Å². The van der Waals surface area contributed by atoms with Crippen molar-refractivity contribution in [1.29, 1.82) is 0 Å². The highest BCUT2D eigenvalue weighted by Gasteiger charge is 2.16. The van der Waals surface area contributed by atoms with Gasteiger partial charge in [0.15, 0.2) is 0 Å². The molecule has 0 aliphatic heterocycles. The first-order chi connectivity index (χ1) is 9.24. The summed E-state index contributed by atoms with van der Waals surface area (Å²) >= 11 is 0. The second-order valence-electron chi connectivity index (χ2n) is 4.01. The maximum Gasteiger partial charge on any atom is 0.323 e. The number of hydrogen-bond donors (Lipinski definition) is 2. The van der Waals surface area contributed by atoms with E-state index < -0.39 is 12.0 Å². The number of hydrogen-bond acceptors (Lipinski definition) is 6. The molecule has 1 atom stereocenters. The first-order valence-electron chi connectivity index (χ1n) is 6.20. The van der Waals surface area contributed by atoms with Crippen molar-refractivity contribution in [2.45, 2.75) is 18.9 Å². The van der Waals surface area contributed by atoms with Crippen LogP contribution in [0.15, 0.2) is 12.5 Å². The quantitative estimate of drug-likeness (QED) is 0.454. The third-order valence-electron chi connectivity index (χ3n) is 2.41. The number of rotatable bonds is 10. The molecule has 0 radical (unpaired) electrons. The summed E-state index contributed by atoms with van der Waals surface area (Å²) in [6, 6.07) is -0.686. The standard InChI is InChI=1S/C12H21N3O4/c1-17-3-2-4-18-5-6-19-12(16)11(13)7-10-8-14-9-15-10/h8-9,11H,2-7,13H2,1H3,(H,14,15)/t11-/m1/s1. The highest BCUT2D eigenvalue weighted by Crippen LogP contribution is 1.98. The van der Waals surface area contributed by atoms with Crippen molar-refractivity contribution in [3.8, 4) is 0 Å². The molecule has 7 heteroatoms. The van der Waals surface area contributed by atoms with E-state index in [9.17, 15) is 4.79 Å². The average Bonchev–Trinajstić information content (AvgIpc) is 2.90. The van der Waals surface area contributed by atoms with E-state index in [0.717, 1.165) is 12.1 Å². The minimum Gasteiger partial charge on any atom is -0.462 e. The van der Waals surface area contributed by atoms with E-state index >= 15 is 0 Å². The van der Waals surface area contributed by atoms with Crippen molar-refractivity contribution in [3.63, 3.8) is 0 Å². The molecule has 0 saturated heterocycles. The van der Waals surface area contributed by atoms with Gasteiger partial charge in [0, 0.05) is 38.6 Å². The van der Waals surface area contributed by atoms with Crippen LogP contribution in [0.2, 0.25) is 0 Å². The molecule has 7 nitrogen and oxygen atoms in total. The highest BCUT2D eigenvalue weighted by molar-refractivity contribution is 5.75. The van der Waals surface area contributed by atoms with Crippen molar-refractivity contribution >= 4 is 5.97 Å². The summed E-state index contributed by atoms with van der Waals surface area (Å²) in [7, 11) is 1.64. The largest absolute Gasteiger partial charge is 0.462 e. The van der Waals surface area contributed by atoms with E-state index in [1.54, 1.807) is 19.6 Å². The Morgan fingerprint density at radius 3 is 2.95 bits per heavy atom. The van der Waals surface area contributed by atoms with Crippen molar-refractivity contribution in [2.24, 2.45) is 5.73 Å². The molecule has 0 bridgehead atoms. The SMILES string of the molecule is COCCCOCCOC(=O)[C@H](N)Cc1cnc[nH]1. The third-order valence-corrected chi connectivity index (χ3v) is 2.41. The maximum absolute atomic E-state index is 11.5. The van der Waals surface area contributed by atoms with E-state index in [4.69, 9.17) is 19.9 Å². The second kappa shape index (κ2) is 9.48. The summed E-state index contributed by atoms with van der Waals surface area (Å²) in [5, 5.41) is 0. The zero-order valence-corrected chi connectivity index (χ0v) is 11.1. The number of H-pyrrole nitrogens is 1. The van der Waals surface area contributed by atoms with E-state index in [2.05, 4.69) is 9.97 Å². The number of aromatic nitrogens is 2. The summed E-state index contributed by atoms with van der Waals surface area (Å²) in [6.45, 7) is 1.83. The summed E-state index contributed by atoms with van der Waals surface area (Å²) in [5.41, 5.74) is 6.52. The first kappa shape index (κ1) is 15.6. The number of carbonyl (C=O) groups is 1. The fourth-order valence-electron chi connectivity index (χ4n) is 1.43. The Morgan fingerprint density at radius 2 is 2.26 bits per heavy atom. The van der Waals surface area contributed by atoms with Crippen LogP contribution in [0, 0.1) is 0 Å². The molecule has 0 aromatic carbocycles. The topological polar surface area (TPSA) is 99.5 Å². The van der Waals surface area contributed by atoms with Gasteiger partial charge in [0.25, 0.3) is 0 Å². The van der Waals surface area contributed by atoms with Crippen LogP contribution in [0.25, 0.3) is 0 Å². The lowest BCUT2D eigenvalue weighted by atomic mass is 10.2. The zero-order valence-electron chi connectivity index (χ0n) is 11.1. The molecular weight excluding hydrogens is 250 g/mol. The maximum atomic E-state index is 11.5. The molecule has 19 heavy (non-hydrogen) atoms. The van der Waals surface area contributed by atoms with Gasteiger partial charge in [-0.05, 0) is 6.42 Å². The van der Waals surface area contributed by atoms with Crippen LogP contribution in [0.1, 0.15) is 12.1 Å². The number of esters is 1. The molecule has 0 spiro atoms. The molecule has 1 aromatic heterocycles. The number of imidazole rings is 1. The van der Waals surface area contributed by atoms with E-state index in [0.29, 0.717) is 26.2 Å². The van der Waals surface area contributed by atoms with Gasteiger partial charge in [0.05, 0.1) is 12.9 Å². The fraction of sp³-hybridized carbons (Fsp3) is 0.667. The van der Waals surface area contributed by atoms with E-state index in [-0.39, 0.29) is 6.61 Å². The molecule has 0 unspecified atom stereocenters. The monoisotopic (exact) mass is 271 g/mol. The molecule has 1 aromatic rings. The van der Waals surface area contributed by atoms with Crippen LogP contribution < -0.4 is 5.73 Å². The number of carbonyl (C=O) groups excluding carboxylic acids is 1. The Hall–Kier alpha value is -1.44. The van der Waals surface area contributed by atoms with Crippen LogP contribution in [-0.2, 0) is 25.4 Å². The molecule has 1 heterocycles. The Balaban J connectivity index is 2.03. The normalized spacial score (nSPS) is 12.3. The molecule has 108 valence electrons. The van der Waals surface area contributed by atoms with Gasteiger partial charge in [-0.15, -0.1) is 0 Å². The molecule has 0 amide bonds. The highest BCUT2D eigenvalue weighted by atomic mass is 16.6. The fourth-order valence-corrected chi connectivity index (χ4v) is 1.43. The van der Waals surface area contributed by atoms with Gasteiger partial charge in [0.2, 0.25) is 0 Å². The number of aromatic amines is 1. The Morgan fingerprint density at radius 1 is 1.42 bits per heavy atom. The van der Waals surface area contributed by atoms with Crippen LogP contribution in [0.4, 0.5) is 0 Å². The van der Waals surface area contributed by atoms with Crippen LogP contribution in [-0.4, -0.2) is 55.5 Å². The van der Waals surface area contributed by atoms with E-state index in [1.807, 2.05) is 0 Å². The zero-order chi connectivity index (χ0) is 13.9. The number of nitrogens with zero attached hydrogens (tertiary/aromatic N) is 1. The van der Waals surface area contributed by atoms with Gasteiger partial charge in [-0.3, -0.25) is 4.79 Å². The van der Waals surface area contributed by atoms with Crippen molar-refractivity contribution in [1.82, 2.24) is 9.97 Å². The average molecular weight is 271 g/mol. The Bertz CT molecular complexity index is 343. The van der Waals surface area contributed by atoms with Crippen LogP contribution >= 0.6 is 0 Å². The summed E-state index contributed by atoms with van der Waals surface area (Å²) in [5.74, 6) is -0.435. The van der Waals surface area contributed by atoms with Gasteiger partial charge >= 0.3 is 5.97 Å².